The summed E-state index contributed by atoms with van der Waals surface area (Å²) in [6, 6.07) is 1.61. The van der Waals surface area contributed by atoms with Gasteiger partial charge in [-0.1, -0.05) is 26.2 Å². The standard InChI is InChI=1S/C14H23NO3S2/c1-10-6-4-3-5-7-13(10)15-20(17,18)14-8-12(9-16)19-11(14)2/h8,10,13,15-16H,3-7,9H2,1-2H3. The highest BCUT2D eigenvalue weighted by Crippen LogP contribution is 2.28. The van der Waals surface area contributed by atoms with Gasteiger partial charge in [-0.3, -0.25) is 0 Å². The van der Waals surface area contributed by atoms with Crippen molar-refractivity contribution < 1.29 is 13.5 Å². The van der Waals surface area contributed by atoms with Crippen LogP contribution in [0, 0.1) is 12.8 Å². The van der Waals surface area contributed by atoms with Gasteiger partial charge in [0.15, 0.2) is 0 Å². The van der Waals surface area contributed by atoms with Crippen LogP contribution in [0.3, 0.4) is 0 Å². The highest BCUT2D eigenvalue weighted by Gasteiger charge is 2.27. The van der Waals surface area contributed by atoms with Crippen molar-refractivity contribution >= 4 is 21.4 Å². The lowest BCUT2D eigenvalue weighted by atomic mass is 9.98. The molecule has 2 atom stereocenters. The van der Waals surface area contributed by atoms with Crippen LogP contribution in [0.4, 0.5) is 0 Å². The Morgan fingerprint density at radius 1 is 1.35 bits per heavy atom. The molecule has 0 radical (unpaired) electrons. The zero-order chi connectivity index (χ0) is 14.8. The van der Waals surface area contributed by atoms with Crippen LogP contribution in [-0.4, -0.2) is 19.6 Å². The number of aryl methyl sites for hydroxylation is 1. The van der Waals surface area contributed by atoms with Crippen LogP contribution in [-0.2, 0) is 16.6 Å². The van der Waals surface area contributed by atoms with E-state index in [4.69, 9.17) is 5.11 Å². The fourth-order valence-corrected chi connectivity index (χ4v) is 5.67. The molecule has 0 spiro atoms. The molecule has 1 fully saturated rings. The van der Waals surface area contributed by atoms with Crippen LogP contribution in [0.1, 0.15) is 48.8 Å². The van der Waals surface area contributed by atoms with Crippen molar-refractivity contribution in [3.63, 3.8) is 0 Å². The number of thiophene rings is 1. The Morgan fingerprint density at radius 2 is 2.05 bits per heavy atom. The quantitative estimate of drug-likeness (QED) is 0.839. The molecule has 4 nitrogen and oxygen atoms in total. The maximum absolute atomic E-state index is 12.5. The van der Waals surface area contributed by atoms with E-state index >= 15 is 0 Å². The van der Waals surface area contributed by atoms with Gasteiger partial charge in [-0.25, -0.2) is 13.1 Å². The van der Waals surface area contributed by atoms with Crippen LogP contribution in [0.2, 0.25) is 0 Å². The first-order valence-electron chi connectivity index (χ1n) is 7.16. The number of sulfonamides is 1. The van der Waals surface area contributed by atoms with Gasteiger partial charge in [-0.2, -0.15) is 0 Å². The van der Waals surface area contributed by atoms with E-state index in [1.807, 2.05) is 0 Å². The fraction of sp³-hybridized carbons (Fsp3) is 0.714. The second-order valence-corrected chi connectivity index (χ2v) is 8.66. The molecule has 20 heavy (non-hydrogen) atoms. The number of aliphatic hydroxyl groups excluding tert-OH is 1. The fourth-order valence-electron chi connectivity index (χ4n) is 2.80. The van der Waals surface area contributed by atoms with Crippen LogP contribution in [0.25, 0.3) is 0 Å². The minimum Gasteiger partial charge on any atom is -0.391 e. The molecule has 1 saturated carbocycles. The second kappa shape index (κ2) is 6.56. The number of hydrogen-bond acceptors (Lipinski definition) is 4. The summed E-state index contributed by atoms with van der Waals surface area (Å²) in [4.78, 5) is 1.75. The highest BCUT2D eigenvalue weighted by atomic mass is 32.2. The number of hydrogen-bond donors (Lipinski definition) is 2. The summed E-state index contributed by atoms with van der Waals surface area (Å²) in [6.07, 6.45) is 5.45. The van der Waals surface area contributed by atoms with Crippen molar-refractivity contribution in [3.8, 4) is 0 Å². The molecule has 2 unspecified atom stereocenters. The lowest BCUT2D eigenvalue weighted by Gasteiger charge is -2.22. The molecule has 1 aromatic heterocycles. The molecule has 2 rings (SSSR count). The minimum absolute atomic E-state index is 0.0272. The van der Waals surface area contributed by atoms with Gasteiger partial charge in [-0.15, -0.1) is 11.3 Å². The van der Waals surface area contributed by atoms with Crippen molar-refractivity contribution in [2.24, 2.45) is 5.92 Å². The molecular weight excluding hydrogens is 294 g/mol. The van der Waals surface area contributed by atoms with Gasteiger partial charge in [0.25, 0.3) is 0 Å². The Kier molecular flexibility index (Phi) is 5.23. The second-order valence-electron chi connectivity index (χ2n) is 5.63. The van der Waals surface area contributed by atoms with E-state index in [1.165, 1.54) is 24.2 Å². The van der Waals surface area contributed by atoms with Gasteiger partial charge in [0.2, 0.25) is 10.0 Å². The Hall–Kier alpha value is -0.430. The Labute approximate surface area is 125 Å². The first kappa shape index (κ1) is 15.9. The lowest BCUT2D eigenvalue weighted by Crippen LogP contribution is -2.38. The van der Waals surface area contributed by atoms with E-state index in [2.05, 4.69) is 11.6 Å². The molecule has 0 amide bonds. The van der Waals surface area contributed by atoms with Crippen molar-refractivity contribution in [2.75, 3.05) is 0 Å². The van der Waals surface area contributed by atoms with Gasteiger partial charge in [0, 0.05) is 15.8 Å². The average molecular weight is 317 g/mol. The molecule has 0 aromatic carbocycles. The summed E-state index contributed by atoms with van der Waals surface area (Å²) in [5.74, 6) is 0.378. The SMILES string of the molecule is Cc1sc(CO)cc1S(=O)(=O)NC1CCCCCC1C. The molecular formula is C14H23NO3S2. The van der Waals surface area contributed by atoms with E-state index in [0.717, 1.165) is 24.1 Å². The zero-order valence-corrected chi connectivity index (χ0v) is 13.7. The monoisotopic (exact) mass is 317 g/mol. The third-order valence-electron chi connectivity index (χ3n) is 4.04. The average Bonchev–Trinajstić information content (AvgIpc) is 2.68. The maximum atomic E-state index is 12.5. The molecule has 2 N–H and O–H groups in total. The number of rotatable bonds is 4. The van der Waals surface area contributed by atoms with E-state index in [9.17, 15) is 8.42 Å². The smallest absolute Gasteiger partial charge is 0.241 e. The van der Waals surface area contributed by atoms with Crippen LogP contribution >= 0.6 is 11.3 Å². The Bertz CT molecular complexity index is 551. The molecule has 1 aliphatic rings. The summed E-state index contributed by atoms with van der Waals surface area (Å²) in [6.45, 7) is 3.80. The first-order valence-corrected chi connectivity index (χ1v) is 9.46. The van der Waals surface area contributed by atoms with Crippen molar-refractivity contribution in [2.45, 2.75) is 63.5 Å². The van der Waals surface area contributed by atoms with Gasteiger partial charge in [0.05, 0.1) is 11.5 Å². The highest BCUT2D eigenvalue weighted by molar-refractivity contribution is 7.89. The largest absolute Gasteiger partial charge is 0.391 e. The van der Waals surface area contributed by atoms with E-state index < -0.39 is 10.0 Å². The van der Waals surface area contributed by atoms with Gasteiger partial charge >= 0.3 is 0 Å². The summed E-state index contributed by atoms with van der Waals surface area (Å²) >= 11 is 1.34. The van der Waals surface area contributed by atoms with Gasteiger partial charge in [0.1, 0.15) is 0 Å². The predicted octanol–water partition coefficient (Wildman–Crippen LogP) is 2.80. The number of aliphatic hydroxyl groups is 1. The predicted molar refractivity (Wildman–Crippen MR) is 81.3 cm³/mol. The summed E-state index contributed by atoms with van der Waals surface area (Å²) in [5.41, 5.74) is 0. The van der Waals surface area contributed by atoms with Crippen molar-refractivity contribution in [3.05, 3.63) is 15.8 Å². The van der Waals surface area contributed by atoms with Gasteiger partial charge < -0.3 is 5.11 Å². The third-order valence-corrected chi connectivity index (χ3v) is 6.82. The molecule has 0 saturated heterocycles. The molecule has 1 aliphatic carbocycles. The lowest BCUT2D eigenvalue weighted by molar-refractivity contribution is 0.285. The summed E-state index contributed by atoms with van der Waals surface area (Å²) in [5, 5.41) is 9.14. The normalized spacial score (nSPS) is 24.6. The molecule has 0 bridgehead atoms. The molecule has 114 valence electrons. The molecule has 1 heterocycles. The van der Waals surface area contributed by atoms with Gasteiger partial charge in [-0.05, 0) is 31.7 Å². The minimum atomic E-state index is -3.48. The van der Waals surface area contributed by atoms with E-state index in [0.29, 0.717) is 15.7 Å². The van der Waals surface area contributed by atoms with Crippen molar-refractivity contribution in [1.29, 1.82) is 0 Å². The summed E-state index contributed by atoms with van der Waals surface area (Å²) in [7, 11) is -3.48. The number of nitrogens with one attached hydrogen (secondary N) is 1. The van der Waals surface area contributed by atoms with E-state index in [-0.39, 0.29) is 12.6 Å². The molecule has 1 aromatic rings. The maximum Gasteiger partial charge on any atom is 0.241 e. The molecule has 0 aliphatic heterocycles. The Morgan fingerprint density at radius 3 is 2.70 bits per heavy atom. The van der Waals surface area contributed by atoms with E-state index in [1.54, 1.807) is 13.0 Å². The van der Waals surface area contributed by atoms with Crippen LogP contribution < -0.4 is 4.72 Å². The van der Waals surface area contributed by atoms with Crippen LogP contribution in [0.5, 0.6) is 0 Å². The van der Waals surface area contributed by atoms with Crippen molar-refractivity contribution in [1.82, 2.24) is 4.72 Å². The topological polar surface area (TPSA) is 66.4 Å². The first-order chi connectivity index (χ1) is 9.44. The van der Waals surface area contributed by atoms with Crippen LogP contribution in [0.15, 0.2) is 11.0 Å². The Balaban J connectivity index is 2.19. The zero-order valence-electron chi connectivity index (χ0n) is 12.1. The third kappa shape index (κ3) is 3.61. The summed E-state index contributed by atoms with van der Waals surface area (Å²) < 4.78 is 27.9. The molecule has 6 heteroatoms.